The van der Waals surface area contributed by atoms with E-state index < -0.39 is 0 Å². The van der Waals surface area contributed by atoms with Gasteiger partial charge in [-0.15, -0.1) is 10.2 Å². The zero-order valence-corrected chi connectivity index (χ0v) is 16.1. The molecular formula is C20H18N6OS. The molecule has 28 heavy (non-hydrogen) atoms. The average Bonchev–Trinajstić information content (AvgIpc) is 3.15. The van der Waals surface area contributed by atoms with E-state index in [0.717, 1.165) is 27.8 Å². The molecule has 0 aliphatic heterocycles. The highest BCUT2D eigenvalue weighted by Gasteiger charge is 2.16. The Labute approximate surface area is 166 Å². The number of aromatic nitrogens is 5. The number of nitrogens with zero attached hydrogens (tertiary/aromatic N) is 5. The van der Waals surface area contributed by atoms with E-state index in [1.807, 2.05) is 47.9 Å². The predicted octanol–water partition coefficient (Wildman–Crippen LogP) is 3.64. The molecule has 0 spiro atoms. The lowest BCUT2D eigenvalue weighted by molar-refractivity contribution is -0.113. The fourth-order valence-electron chi connectivity index (χ4n) is 2.92. The summed E-state index contributed by atoms with van der Waals surface area (Å²) in [6.07, 6.45) is 7.10. The summed E-state index contributed by atoms with van der Waals surface area (Å²) >= 11 is 1.36. The molecule has 0 radical (unpaired) electrons. The van der Waals surface area contributed by atoms with E-state index in [1.54, 1.807) is 24.8 Å². The third-order valence-corrected chi connectivity index (χ3v) is 5.19. The van der Waals surface area contributed by atoms with E-state index in [1.165, 1.54) is 11.8 Å². The van der Waals surface area contributed by atoms with Crippen LogP contribution >= 0.6 is 11.8 Å². The minimum atomic E-state index is -0.0821. The van der Waals surface area contributed by atoms with Gasteiger partial charge in [0.2, 0.25) is 5.91 Å². The normalized spacial score (nSPS) is 10.9. The molecule has 1 aromatic carbocycles. The summed E-state index contributed by atoms with van der Waals surface area (Å²) in [5, 5.41) is 14.2. The van der Waals surface area contributed by atoms with Crippen molar-refractivity contribution in [3.05, 3.63) is 61.2 Å². The van der Waals surface area contributed by atoms with Crippen LogP contribution in [0.4, 0.5) is 5.69 Å². The minimum absolute atomic E-state index is 0.0821. The fourth-order valence-corrected chi connectivity index (χ4v) is 3.73. The van der Waals surface area contributed by atoms with Gasteiger partial charge < -0.3 is 9.88 Å². The van der Waals surface area contributed by atoms with E-state index in [2.05, 4.69) is 25.5 Å². The number of fused-ring (bicyclic) bond motifs is 1. The van der Waals surface area contributed by atoms with Crippen molar-refractivity contribution in [3.8, 4) is 11.4 Å². The summed E-state index contributed by atoms with van der Waals surface area (Å²) < 4.78 is 2.00. The molecule has 0 saturated heterocycles. The Balaban J connectivity index is 1.55. The lowest BCUT2D eigenvalue weighted by Crippen LogP contribution is -2.14. The summed E-state index contributed by atoms with van der Waals surface area (Å²) in [5.41, 5.74) is 1.68. The molecule has 4 rings (SSSR count). The number of anilines is 1. The highest BCUT2D eigenvalue weighted by Crippen LogP contribution is 2.28. The average molecular weight is 390 g/mol. The number of nitrogens with one attached hydrogen (secondary N) is 1. The van der Waals surface area contributed by atoms with Crippen molar-refractivity contribution in [2.45, 2.75) is 18.6 Å². The maximum atomic E-state index is 12.2. The smallest absolute Gasteiger partial charge is 0.234 e. The Kier molecular flexibility index (Phi) is 5.29. The SMILES string of the molecule is CCn1c(SCC(=O)Nc2ccccc2)nnc1-c1cncc2cnccc12. The van der Waals surface area contributed by atoms with Crippen molar-refractivity contribution >= 4 is 34.1 Å². The lowest BCUT2D eigenvalue weighted by atomic mass is 10.1. The largest absolute Gasteiger partial charge is 0.325 e. The summed E-state index contributed by atoms with van der Waals surface area (Å²) in [5.74, 6) is 0.907. The molecule has 0 saturated carbocycles. The molecule has 7 nitrogen and oxygen atoms in total. The van der Waals surface area contributed by atoms with Crippen LogP contribution in [0.5, 0.6) is 0 Å². The van der Waals surface area contributed by atoms with Crippen molar-refractivity contribution in [3.63, 3.8) is 0 Å². The van der Waals surface area contributed by atoms with E-state index >= 15 is 0 Å². The zero-order valence-electron chi connectivity index (χ0n) is 15.2. The molecule has 0 fully saturated rings. The van der Waals surface area contributed by atoms with Crippen molar-refractivity contribution in [2.24, 2.45) is 0 Å². The maximum Gasteiger partial charge on any atom is 0.234 e. The van der Waals surface area contributed by atoms with Crippen LogP contribution in [-0.4, -0.2) is 36.4 Å². The van der Waals surface area contributed by atoms with Gasteiger partial charge in [0.1, 0.15) is 0 Å². The monoisotopic (exact) mass is 390 g/mol. The van der Waals surface area contributed by atoms with Gasteiger partial charge in [0, 0.05) is 48.0 Å². The molecular weight excluding hydrogens is 372 g/mol. The third-order valence-electron chi connectivity index (χ3n) is 4.22. The standard InChI is InChI=1S/C20H18N6OS/c1-2-26-19(17-12-22-11-14-10-21-9-8-16(14)17)24-25-20(26)28-13-18(27)23-15-6-4-3-5-7-15/h3-12H,2,13H2,1H3,(H,23,27). The summed E-state index contributed by atoms with van der Waals surface area (Å²) in [7, 11) is 0. The fraction of sp³-hybridized carbons (Fsp3) is 0.150. The molecule has 0 unspecified atom stereocenters. The number of carbonyl (C=O) groups excluding carboxylic acids is 1. The van der Waals surface area contributed by atoms with Crippen molar-refractivity contribution in [2.75, 3.05) is 11.1 Å². The Morgan fingerprint density at radius 3 is 2.71 bits per heavy atom. The number of pyridine rings is 2. The number of para-hydroxylation sites is 1. The number of carbonyl (C=O) groups is 1. The number of rotatable bonds is 6. The first-order valence-corrected chi connectivity index (χ1v) is 9.84. The zero-order chi connectivity index (χ0) is 19.3. The van der Waals surface area contributed by atoms with Gasteiger partial charge in [-0.2, -0.15) is 0 Å². The van der Waals surface area contributed by atoms with Crippen LogP contribution in [0.3, 0.4) is 0 Å². The highest BCUT2D eigenvalue weighted by molar-refractivity contribution is 7.99. The van der Waals surface area contributed by atoms with Gasteiger partial charge in [-0.1, -0.05) is 30.0 Å². The van der Waals surface area contributed by atoms with Crippen molar-refractivity contribution < 1.29 is 4.79 Å². The third kappa shape index (κ3) is 3.72. The molecule has 8 heteroatoms. The number of hydrogen-bond donors (Lipinski definition) is 1. The van der Waals surface area contributed by atoms with Crippen LogP contribution in [0.25, 0.3) is 22.2 Å². The quantitative estimate of drug-likeness (QED) is 0.506. The Morgan fingerprint density at radius 2 is 1.89 bits per heavy atom. The van der Waals surface area contributed by atoms with Gasteiger partial charge in [-0.3, -0.25) is 14.8 Å². The maximum absolute atomic E-state index is 12.2. The first-order valence-electron chi connectivity index (χ1n) is 8.85. The minimum Gasteiger partial charge on any atom is -0.325 e. The van der Waals surface area contributed by atoms with E-state index in [4.69, 9.17) is 0 Å². The molecule has 3 aromatic heterocycles. The number of benzene rings is 1. The van der Waals surface area contributed by atoms with Gasteiger partial charge in [0.05, 0.1) is 5.75 Å². The molecule has 1 amide bonds. The van der Waals surface area contributed by atoms with Crippen molar-refractivity contribution in [1.82, 2.24) is 24.7 Å². The summed E-state index contributed by atoms with van der Waals surface area (Å²) in [6.45, 7) is 2.72. The van der Waals surface area contributed by atoms with E-state index in [9.17, 15) is 4.79 Å². The predicted molar refractivity (Wildman–Crippen MR) is 110 cm³/mol. The lowest BCUT2D eigenvalue weighted by Gasteiger charge is -2.09. The summed E-state index contributed by atoms with van der Waals surface area (Å²) in [6, 6.07) is 11.3. The van der Waals surface area contributed by atoms with Gasteiger partial charge in [0.25, 0.3) is 0 Å². The van der Waals surface area contributed by atoms with Crippen LogP contribution in [0, 0.1) is 0 Å². The highest BCUT2D eigenvalue weighted by atomic mass is 32.2. The van der Waals surface area contributed by atoms with E-state index in [-0.39, 0.29) is 11.7 Å². The van der Waals surface area contributed by atoms with Crippen LogP contribution in [0.1, 0.15) is 6.92 Å². The Hall–Kier alpha value is -3.26. The van der Waals surface area contributed by atoms with Crippen LogP contribution in [-0.2, 0) is 11.3 Å². The van der Waals surface area contributed by atoms with E-state index in [0.29, 0.717) is 11.7 Å². The Bertz CT molecular complexity index is 1110. The number of thioether (sulfide) groups is 1. The second-order valence-electron chi connectivity index (χ2n) is 6.04. The molecule has 0 aliphatic rings. The Morgan fingerprint density at radius 1 is 1.07 bits per heavy atom. The molecule has 140 valence electrons. The van der Waals surface area contributed by atoms with Crippen LogP contribution in [0.2, 0.25) is 0 Å². The first kappa shape index (κ1) is 18.1. The van der Waals surface area contributed by atoms with Crippen molar-refractivity contribution in [1.29, 1.82) is 0 Å². The summed E-state index contributed by atoms with van der Waals surface area (Å²) in [4.78, 5) is 20.7. The number of hydrogen-bond acceptors (Lipinski definition) is 6. The molecule has 0 aliphatic carbocycles. The van der Waals surface area contributed by atoms with Gasteiger partial charge in [-0.05, 0) is 30.5 Å². The number of amides is 1. The molecule has 0 atom stereocenters. The van der Waals surface area contributed by atoms with Gasteiger partial charge >= 0.3 is 0 Å². The second-order valence-corrected chi connectivity index (χ2v) is 6.98. The molecule has 4 aromatic rings. The topological polar surface area (TPSA) is 85.6 Å². The van der Waals surface area contributed by atoms with Gasteiger partial charge in [0.15, 0.2) is 11.0 Å². The molecule has 0 bridgehead atoms. The van der Waals surface area contributed by atoms with Crippen LogP contribution < -0.4 is 5.32 Å². The first-order chi connectivity index (χ1) is 13.8. The van der Waals surface area contributed by atoms with Crippen LogP contribution in [0.15, 0.2) is 66.3 Å². The molecule has 1 N–H and O–H groups in total. The second kappa shape index (κ2) is 8.18. The van der Waals surface area contributed by atoms with Gasteiger partial charge in [-0.25, -0.2) is 0 Å². The molecule has 3 heterocycles.